The Labute approximate surface area is 196 Å². The molecule has 0 rings (SSSR count). The summed E-state index contributed by atoms with van der Waals surface area (Å²) in [7, 11) is -4.32. The monoisotopic (exact) mass is 494 g/mol. The van der Waals surface area contributed by atoms with E-state index in [1.54, 1.807) is 0 Å². The van der Waals surface area contributed by atoms with Crippen molar-refractivity contribution in [2.45, 2.75) is 103 Å². The summed E-state index contributed by atoms with van der Waals surface area (Å²) in [5, 5.41) is 27.1. The number of carbonyl (C=O) groups is 3. The van der Waals surface area contributed by atoms with Gasteiger partial charge in [0.2, 0.25) is 0 Å². The Bertz CT molecular complexity index is 727. The first-order valence-corrected chi connectivity index (χ1v) is 12.9. The summed E-state index contributed by atoms with van der Waals surface area (Å²) < 4.78 is 33.4. The molecule has 0 spiro atoms. The van der Waals surface area contributed by atoms with E-state index in [2.05, 4.69) is 4.18 Å². The Morgan fingerprint density at radius 2 is 0.939 bits per heavy atom. The highest BCUT2D eigenvalue weighted by Gasteiger charge is 2.22. The minimum atomic E-state index is -4.32. The lowest BCUT2D eigenvalue weighted by Crippen LogP contribution is -2.14. The second-order valence-electron chi connectivity index (χ2n) is 8.09. The van der Waals surface area contributed by atoms with E-state index < -0.39 is 40.3 Å². The molecule has 0 aromatic heterocycles. The zero-order valence-corrected chi connectivity index (χ0v) is 20.0. The lowest BCUT2D eigenvalue weighted by molar-refractivity contribution is -0.140. The van der Waals surface area contributed by atoms with Gasteiger partial charge in [-0.1, -0.05) is 77.0 Å². The third-order valence-corrected chi connectivity index (χ3v) is 5.73. The summed E-state index contributed by atoms with van der Waals surface area (Å²) in [5.74, 6) is -4.24. The summed E-state index contributed by atoms with van der Waals surface area (Å²) in [4.78, 5) is 33.2. The first-order valence-electron chi connectivity index (χ1n) is 11.6. The van der Waals surface area contributed by atoms with E-state index in [0.29, 0.717) is 12.8 Å². The van der Waals surface area contributed by atoms with Crippen LogP contribution in [0.4, 0.5) is 0 Å². The first kappa shape index (κ1) is 31.0. The van der Waals surface area contributed by atoms with Crippen LogP contribution in [0.5, 0.6) is 0 Å². The number of carboxylic acids is 3. The van der Waals surface area contributed by atoms with E-state index in [-0.39, 0.29) is 18.6 Å². The van der Waals surface area contributed by atoms with Gasteiger partial charge in [0, 0.05) is 5.57 Å². The highest BCUT2D eigenvalue weighted by molar-refractivity contribution is 7.80. The van der Waals surface area contributed by atoms with Crippen molar-refractivity contribution in [2.75, 3.05) is 6.61 Å². The van der Waals surface area contributed by atoms with Crippen LogP contribution in [0.25, 0.3) is 0 Å². The summed E-state index contributed by atoms with van der Waals surface area (Å²) in [6.45, 7) is 0.0182. The molecule has 192 valence electrons. The first-order chi connectivity index (χ1) is 15.5. The molecule has 10 nitrogen and oxygen atoms in total. The highest BCUT2D eigenvalue weighted by Crippen LogP contribution is 2.19. The Balaban J connectivity index is 3.69. The molecule has 0 aromatic carbocycles. The molecule has 0 unspecified atom stereocenters. The van der Waals surface area contributed by atoms with E-state index >= 15 is 0 Å². The van der Waals surface area contributed by atoms with E-state index in [4.69, 9.17) is 14.8 Å². The Morgan fingerprint density at radius 3 is 1.27 bits per heavy atom. The van der Waals surface area contributed by atoms with Gasteiger partial charge in [0.15, 0.2) is 0 Å². The van der Waals surface area contributed by atoms with Crippen LogP contribution < -0.4 is 0 Å². The molecular formula is C22H38O10S. The van der Waals surface area contributed by atoms with E-state index in [1.807, 2.05) is 0 Å². The minimum Gasteiger partial charge on any atom is -0.481 e. The molecule has 33 heavy (non-hydrogen) atoms. The fourth-order valence-electron chi connectivity index (χ4n) is 3.54. The van der Waals surface area contributed by atoms with Crippen molar-refractivity contribution >= 4 is 28.3 Å². The van der Waals surface area contributed by atoms with Crippen LogP contribution in [0, 0.1) is 0 Å². The maximum absolute atomic E-state index is 11.3. The van der Waals surface area contributed by atoms with Crippen LogP contribution in [0.3, 0.4) is 0 Å². The molecule has 0 saturated carbocycles. The van der Waals surface area contributed by atoms with Crippen LogP contribution in [-0.4, -0.2) is 52.8 Å². The third-order valence-electron chi connectivity index (χ3n) is 5.26. The number of rotatable bonds is 22. The molecule has 0 aliphatic rings. The van der Waals surface area contributed by atoms with Crippen molar-refractivity contribution < 1.29 is 46.9 Å². The molecule has 0 aliphatic heterocycles. The predicted molar refractivity (Wildman–Crippen MR) is 121 cm³/mol. The molecule has 0 saturated heterocycles. The maximum Gasteiger partial charge on any atom is 0.397 e. The molecule has 0 aliphatic carbocycles. The zero-order valence-electron chi connectivity index (χ0n) is 19.2. The Hall–Kier alpha value is -1.98. The van der Waals surface area contributed by atoms with E-state index in [1.165, 1.54) is 6.42 Å². The van der Waals surface area contributed by atoms with E-state index in [9.17, 15) is 27.9 Å². The summed E-state index contributed by atoms with van der Waals surface area (Å²) in [6.07, 6.45) is 12.9. The lowest BCUT2D eigenvalue weighted by Gasteiger charge is -2.07. The van der Waals surface area contributed by atoms with Crippen molar-refractivity contribution in [3.63, 3.8) is 0 Å². The lowest BCUT2D eigenvalue weighted by atomic mass is 9.98. The quantitative estimate of drug-likeness (QED) is 0.0945. The summed E-state index contributed by atoms with van der Waals surface area (Å²) in [6, 6.07) is 0. The number of hydrogen-bond donors (Lipinski definition) is 4. The smallest absolute Gasteiger partial charge is 0.397 e. The highest BCUT2D eigenvalue weighted by atomic mass is 32.3. The van der Waals surface area contributed by atoms with Gasteiger partial charge in [0.25, 0.3) is 0 Å². The molecule has 0 atom stereocenters. The maximum atomic E-state index is 11.3. The standard InChI is InChI=1S/C22H38O10S/c23-20(24)17-19(22(27)28)18(21(25)26)15-13-11-9-7-5-3-1-2-4-6-8-10-12-14-16-32-33(29,30)31/h1-17H2,(H,23,24)(H,25,26)(H,27,28)(H,29,30,31)/b19-18-. The van der Waals surface area contributed by atoms with Gasteiger partial charge in [0.1, 0.15) is 0 Å². The Kier molecular flexibility index (Phi) is 17.3. The van der Waals surface area contributed by atoms with Crippen LogP contribution in [-0.2, 0) is 29.0 Å². The van der Waals surface area contributed by atoms with Gasteiger partial charge in [0.05, 0.1) is 18.6 Å². The van der Waals surface area contributed by atoms with Crippen molar-refractivity contribution in [3.8, 4) is 0 Å². The van der Waals surface area contributed by atoms with Crippen molar-refractivity contribution in [1.29, 1.82) is 0 Å². The average molecular weight is 495 g/mol. The molecule has 0 aromatic rings. The number of carboxylic acid groups (broad SMARTS) is 3. The van der Waals surface area contributed by atoms with Gasteiger partial charge in [-0.25, -0.2) is 13.8 Å². The Morgan fingerprint density at radius 1 is 0.576 bits per heavy atom. The topological polar surface area (TPSA) is 175 Å². The fourth-order valence-corrected chi connectivity index (χ4v) is 3.87. The molecule has 0 radical (unpaired) electrons. The van der Waals surface area contributed by atoms with Crippen LogP contribution in [0.15, 0.2) is 11.1 Å². The van der Waals surface area contributed by atoms with Gasteiger partial charge in [-0.2, -0.15) is 8.42 Å². The van der Waals surface area contributed by atoms with Crippen molar-refractivity contribution in [3.05, 3.63) is 11.1 Å². The molecule has 11 heteroatoms. The van der Waals surface area contributed by atoms with Crippen molar-refractivity contribution in [2.24, 2.45) is 0 Å². The van der Waals surface area contributed by atoms with Gasteiger partial charge in [-0.15, -0.1) is 0 Å². The predicted octanol–water partition coefficient (Wildman–Crippen LogP) is 4.60. The van der Waals surface area contributed by atoms with Crippen LogP contribution >= 0.6 is 0 Å². The zero-order chi connectivity index (χ0) is 25.1. The molecule has 4 N–H and O–H groups in total. The molecule has 0 bridgehead atoms. The molecular weight excluding hydrogens is 456 g/mol. The number of unbranched alkanes of at least 4 members (excludes halogenated alkanes) is 13. The molecule has 0 amide bonds. The largest absolute Gasteiger partial charge is 0.481 e. The second-order valence-corrected chi connectivity index (χ2v) is 9.18. The molecule has 0 heterocycles. The number of hydrogen-bond acceptors (Lipinski definition) is 6. The van der Waals surface area contributed by atoms with Gasteiger partial charge < -0.3 is 15.3 Å². The van der Waals surface area contributed by atoms with Crippen molar-refractivity contribution in [1.82, 2.24) is 0 Å². The fraction of sp³-hybridized carbons (Fsp3) is 0.773. The number of aliphatic carboxylic acids is 3. The average Bonchev–Trinajstić information content (AvgIpc) is 2.70. The van der Waals surface area contributed by atoms with E-state index in [0.717, 1.165) is 70.6 Å². The SMILES string of the molecule is O=C(O)C/C(C(=O)O)=C(\CCCCCCCCCCCCCCCCOS(=O)(=O)O)C(=O)O. The van der Waals surface area contributed by atoms with Crippen LogP contribution in [0.1, 0.15) is 103 Å². The normalized spacial score (nSPS) is 12.4. The summed E-state index contributed by atoms with van der Waals surface area (Å²) in [5.41, 5.74) is -0.877. The molecule has 0 fully saturated rings. The van der Waals surface area contributed by atoms with Gasteiger partial charge in [-0.05, 0) is 19.3 Å². The minimum absolute atomic E-state index is 0.0182. The summed E-state index contributed by atoms with van der Waals surface area (Å²) >= 11 is 0. The third kappa shape index (κ3) is 19.2. The van der Waals surface area contributed by atoms with Crippen LogP contribution in [0.2, 0.25) is 0 Å². The second kappa shape index (κ2) is 18.4. The van der Waals surface area contributed by atoms with Gasteiger partial charge in [-0.3, -0.25) is 9.35 Å². The van der Waals surface area contributed by atoms with Gasteiger partial charge >= 0.3 is 28.3 Å².